The van der Waals surface area contributed by atoms with Crippen LogP contribution in [-0.2, 0) is 12.1 Å². The monoisotopic (exact) mass is 490 g/mol. The minimum atomic E-state index is -2.97. The van der Waals surface area contributed by atoms with E-state index in [1.54, 1.807) is 18.2 Å². The SMILES string of the molecule is CC(C)(O)c1cc2c(c(-c3ccccc3OCC(F)F)n1)CN(c1ccc(OC(F)F)cc1)C2=O. The fourth-order valence-electron chi connectivity index (χ4n) is 3.79. The van der Waals surface area contributed by atoms with E-state index in [0.717, 1.165) is 0 Å². The lowest BCUT2D eigenvalue weighted by atomic mass is 9.96. The van der Waals surface area contributed by atoms with Crippen LogP contribution >= 0.6 is 0 Å². The molecule has 1 N–H and O–H groups in total. The number of hydrogen-bond donors (Lipinski definition) is 1. The Bertz CT molecular complexity index is 1230. The second-order valence-electron chi connectivity index (χ2n) is 8.40. The van der Waals surface area contributed by atoms with Crippen molar-refractivity contribution in [3.8, 4) is 22.8 Å². The van der Waals surface area contributed by atoms with Crippen molar-refractivity contribution >= 4 is 11.6 Å². The van der Waals surface area contributed by atoms with E-state index in [4.69, 9.17) is 4.74 Å². The predicted molar refractivity (Wildman–Crippen MR) is 120 cm³/mol. The maximum Gasteiger partial charge on any atom is 0.387 e. The molecule has 0 atom stereocenters. The molecule has 0 aliphatic carbocycles. The molecule has 0 bridgehead atoms. The number of anilines is 1. The van der Waals surface area contributed by atoms with Crippen molar-refractivity contribution in [3.63, 3.8) is 0 Å². The van der Waals surface area contributed by atoms with Gasteiger partial charge in [-0.05, 0) is 56.3 Å². The molecule has 1 aliphatic heterocycles. The van der Waals surface area contributed by atoms with E-state index in [2.05, 4.69) is 9.72 Å². The van der Waals surface area contributed by atoms with Gasteiger partial charge in [0.1, 0.15) is 23.7 Å². The number of rotatable bonds is 8. The Balaban J connectivity index is 1.78. The summed E-state index contributed by atoms with van der Waals surface area (Å²) in [5, 5.41) is 10.6. The van der Waals surface area contributed by atoms with Crippen LogP contribution in [-0.4, -0.2) is 35.6 Å². The molecule has 0 spiro atoms. The summed E-state index contributed by atoms with van der Waals surface area (Å²) < 4.78 is 60.2. The second-order valence-corrected chi connectivity index (χ2v) is 8.40. The molecule has 3 aromatic rings. The predicted octanol–water partition coefficient (Wildman–Crippen LogP) is 5.38. The molecular formula is C25H22F4N2O4. The smallest absolute Gasteiger partial charge is 0.387 e. The summed E-state index contributed by atoms with van der Waals surface area (Å²) in [5.41, 5.74) is 0.762. The number of aliphatic hydroxyl groups is 1. The van der Waals surface area contributed by atoms with Gasteiger partial charge in [0.2, 0.25) is 0 Å². The number of amides is 1. The third-order valence-corrected chi connectivity index (χ3v) is 5.42. The Labute approximate surface area is 198 Å². The van der Waals surface area contributed by atoms with E-state index in [9.17, 15) is 27.5 Å². The lowest BCUT2D eigenvalue weighted by Crippen LogP contribution is -2.23. The van der Waals surface area contributed by atoms with E-state index in [0.29, 0.717) is 22.5 Å². The fourth-order valence-corrected chi connectivity index (χ4v) is 3.79. The molecule has 1 amide bonds. The van der Waals surface area contributed by atoms with E-state index >= 15 is 0 Å². The zero-order valence-electron chi connectivity index (χ0n) is 18.8. The van der Waals surface area contributed by atoms with Crippen molar-refractivity contribution in [1.82, 2.24) is 4.98 Å². The second kappa shape index (κ2) is 9.53. The Hall–Kier alpha value is -3.66. The van der Waals surface area contributed by atoms with Gasteiger partial charge < -0.3 is 19.5 Å². The molecule has 6 nitrogen and oxygen atoms in total. The van der Waals surface area contributed by atoms with Crippen molar-refractivity contribution < 1.29 is 36.9 Å². The maximum atomic E-state index is 13.4. The van der Waals surface area contributed by atoms with Crippen LogP contribution < -0.4 is 14.4 Å². The highest BCUT2D eigenvalue weighted by molar-refractivity contribution is 6.11. The molecule has 0 saturated carbocycles. The molecule has 0 unspecified atom stereocenters. The average Bonchev–Trinajstić information content (AvgIpc) is 3.13. The molecule has 4 rings (SSSR count). The third kappa shape index (κ3) is 5.22. The largest absolute Gasteiger partial charge is 0.487 e. The molecule has 35 heavy (non-hydrogen) atoms. The highest BCUT2D eigenvalue weighted by Crippen LogP contribution is 2.39. The van der Waals surface area contributed by atoms with Crippen LogP contribution in [0.3, 0.4) is 0 Å². The average molecular weight is 490 g/mol. The topological polar surface area (TPSA) is 71.9 Å². The van der Waals surface area contributed by atoms with Crippen LogP contribution in [0.5, 0.6) is 11.5 Å². The number of alkyl halides is 4. The maximum absolute atomic E-state index is 13.4. The van der Waals surface area contributed by atoms with E-state index in [1.165, 1.54) is 55.1 Å². The molecule has 184 valence electrons. The zero-order valence-corrected chi connectivity index (χ0v) is 18.8. The number of halogens is 4. The van der Waals surface area contributed by atoms with Crippen molar-refractivity contribution in [2.75, 3.05) is 11.5 Å². The van der Waals surface area contributed by atoms with Gasteiger partial charge >= 0.3 is 6.61 Å². The van der Waals surface area contributed by atoms with Gasteiger partial charge in [-0.1, -0.05) is 12.1 Å². The van der Waals surface area contributed by atoms with E-state index in [-0.39, 0.29) is 35.2 Å². The van der Waals surface area contributed by atoms with Crippen molar-refractivity contribution in [2.45, 2.75) is 39.0 Å². The summed E-state index contributed by atoms with van der Waals surface area (Å²) in [7, 11) is 0. The summed E-state index contributed by atoms with van der Waals surface area (Å²) >= 11 is 0. The van der Waals surface area contributed by atoms with Crippen LogP contribution in [0.25, 0.3) is 11.3 Å². The van der Waals surface area contributed by atoms with Crippen LogP contribution in [0.15, 0.2) is 54.6 Å². The highest BCUT2D eigenvalue weighted by Gasteiger charge is 2.35. The molecule has 2 aromatic carbocycles. The first kappa shape index (κ1) is 24.5. The number of hydrogen-bond acceptors (Lipinski definition) is 5. The number of aromatic nitrogens is 1. The van der Waals surface area contributed by atoms with Gasteiger partial charge in [-0.2, -0.15) is 8.78 Å². The number of fused-ring (bicyclic) bond motifs is 1. The van der Waals surface area contributed by atoms with Gasteiger partial charge in [-0.15, -0.1) is 0 Å². The van der Waals surface area contributed by atoms with Crippen molar-refractivity contribution in [1.29, 1.82) is 0 Å². The van der Waals surface area contributed by atoms with Gasteiger partial charge in [0.15, 0.2) is 0 Å². The molecule has 0 fully saturated rings. The summed E-state index contributed by atoms with van der Waals surface area (Å²) in [4.78, 5) is 19.4. The quantitative estimate of drug-likeness (QED) is 0.429. The molecule has 0 saturated heterocycles. The Morgan fingerprint density at radius 2 is 1.74 bits per heavy atom. The summed E-state index contributed by atoms with van der Waals surface area (Å²) in [5.74, 6) is -0.276. The Morgan fingerprint density at radius 1 is 1.06 bits per heavy atom. The first-order valence-corrected chi connectivity index (χ1v) is 10.7. The normalized spacial score (nSPS) is 13.5. The number of benzene rings is 2. The number of para-hydroxylation sites is 1. The third-order valence-electron chi connectivity index (χ3n) is 5.42. The summed E-state index contributed by atoms with van der Waals surface area (Å²) in [6.07, 6.45) is -2.68. The van der Waals surface area contributed by atoms with Crippen molar-refractivity contribution in [3.05, 3.63) is 71.4 Å². The first-order chi connectivity index (χ1) is 16.5. The number of nitrogens with zero attached hydrogens (tertiary/aromatic N) is 2. The molecule has 1 aliphatic rings. The summed E-state index contributed by atoms with van der Waals surface area (Å²) in [6, 6.07) is 13.6. The standard InChI is InChI=1S/C25H22F4N2O4/c1-25(2,33)20-11-17-18(22(30-20)16-5-3-4-6-19(16)34-13-21(26)27)12-31(23(17)32)14-7-9-15(10-8-14)35-24(28)29/h3-11,21,24,33H,12-13H2,1-2H3. The number of carbonyl (C=O) groups excluding carboxylic acids is 1. The van der Waals surface area contributed by atoms with Crippen LogP contribution in [0.4, 0.5) is 23.2 Å². The highest BCUT2D eigenvalue weighted by atomic mass is 19.3. The number of ether oxygens (including phenoxy) is 2. The molecule has 1 aromatic heterocycles. The van der Waals surface area contributed by atoms with Crippen LogP contribution in [0.1, 0.15) is 35.5 Å². The number of pyridine rings is 1. The van der Waals surface area contributed by atoms with Gasteiger partial charge in [-0.25, -0.2) is 13.8 Å². The summed E-state index contributed by atoms with van der Waals surface area (Å²) in [6.45, 7) is -0.670. The lowest BCUT2D eigenvalue weighted by molar-refractivity contribution is -0.0498. The molecular weight excluding hydrogens is 468 g/mol. The van der Waals surface area contributed by atoms with E-state index < -0.39 is 25.2 Å². The molecule has 2 heterocycles. The number of carbonyl (C=O) groups is 1. The van der Waals surface area contributed by atoms with Crippen LogP contribution in [0, 0.1) is 0 Å². The zero-order chi connectivity index (χ0) is 25.3. The van der Waals surface area contributed by atoms with Gasteiger partial charge in [0.05, 0.1) is 17.9 Å². The van der Waals surface area contributed by atoms with Gasteiger partial charge in [-0.3, -0.25) is 4.79 Å². The fraction of sp³-hybridized carbons (Fsp3) is 0.280. The molecule has 0 radical (unpaired) electrons. The van der Waals surface area contributed by atoms with Gasteiger partial charge in [0.25, 0.3) is 12.3 Å². The Kier molecular flexibility index (Phi) is 6.66. The van der Waals surface area contributed by atoms with Crippen LogP contribution in [0.2, 0.25) is 0 Å². The van der Waals surface area contributed by atoms with Crippen molar-refractivity contribution in [2.24, 2.45) is 0 Å². The minimum absolute atomic E-state index is 0.0512. The minimum Gasteiger partial charge on any atom is -0.487 e. The molecule has 10 heteroatoms. The lowest BCUT2D eigenvalue weighted by Gasteiger charge is -2.20. The Morgan fingerprint density at radius 3 is 2.37 bits per heavy atom. The van der Waals surface area contributed by atoms with Gasteiger partial charge in [0, 0.05) is 22.4 Å². The van der Waals surface area contributed by atoms with E-state index in [1.807, 2.05) is 0 Å². The first-order valence-electron chi connectivity index (χ1n) is 10.7.